The molecule has 1 N–H and O–H groups in total. The van der Waals surface area contributed by atoms with Crippen molar-refractivity contribution in [3.8, 4) is 17.6 Å². The number of hydrogen-bond donors (Lipinski definition) is 1. The van der Waals surface area contributed by atoms with Gasteiger partial charge in [-0.05, 0) is 50.2 Å². The Morgan fingerprint density at radius 1 is 1.26 bits per heavy atom. The summed E-state index contributed by atoms with van der Waals surface area (Å²) in [4.78, 5) is 17.0. The highest BCUT2D eigenvalue weighted by Crippen LogP contribution is 2.26. The number of nitriles is 1. The van der Waals surface area contributed by atoms with Crippen LogP contribution in [0.5, 0.6) is 5.75 Å². The molecule has 11 heteroatoms. The van der Waals surface area contributed by atoms with Gasteiger partial charge in [0.25, 0.3) is 5.91 Å². The van der Waals surface area contributed by atoms with Gasteiger partial charge in [-0.3, -0.25) is 4.79 Å². The Labute approximate surface area is 180 Å². The van der Waals surface area contributed by atoms with Crippen molar-refractivity contribution in [2.45, 2.75) is 20.0 Å². The van der Waals surface area contributed by atoms with Crippen LogP contribution < -0.4 is 10.1 Å². The predicted molar refractivity (Wildman–Crippen MR) is 107 cm³/mol. The molecule has 0 aliphatic heterocycles. The monoisotopic (exact) mass is 449 g/mol. The zero-order chi connectivity index (χ0) is 22.8. The number of amides is 1. The molecule has 2 aromatic heterocycles. The quantitative estimate of drug-likeness (QED) is 0.614. The maximum atomic E-state index is 12.7. The van der Waals surface area contributed by atoms with Crippen molar-refractivity contribution >= 4 is 23.2 Å². The average Bonchev–Trinajstić information content (AvgIpc) is 3.04. The molecule has 7 nitrogen and oxygen atoms in total. The molecule has 3 aromatic rings. The minimum Gasteiger partial charge on any atom is -0.483 e. The molecule has 0 aliphatic rings. The van der Waals surface area contributed by atoms with Crippen molar-refractivity contribution in [1.82, 2.24) is 14.8 Å². The van der Waals surface area contributed by atoms with Crippen LogP contribution in [0, 0.1) is 25.2 Å². The first-order valence-corrected chi connectivity index (χ1v) is 9.20. The normalized spacial score (nSPS) is 11.1. The zero-order valence-electron chi connectivity index (χ0n) is 16.3. The molecule has 0 bridgehead atoms. The molecule has 0 aliphatic carbocycles. The molecule has 1 amide bonds. The minimum atomic E-state index is -4.54. The van der Waals surface area contributed by atoms with Gasteiger partial charge in [0, 0.05) is 11.4 Å². The maximum absolute atomic E-state index is 12.7. The van der Waals surface area contributed by atoms with Crippen LogP contribution in [-0.2, 0) is 0 Å². The Kier molecular flexibility index (Phi) is 6.17. The molecule has 0 atom stereocenters. The number of benzene rings is 1. The smallest absolute Gasteiger partial charge is 0.422 e. The van der Waals surface area contributed by atoms with Gasteiger partial charge in [-0.2, -0.15) is 23.5 Å². The SMILES string of the molecule is Cc1cc(C)n(-c2ccc(Cl)c(C(=O)Nc3ccc(OCC(F)(F)F)c(C#N)c3)n2)n1. The van der Waals surface area contributed by atoms with Crippen molar-refractivity contribution < 1.29 is 22.7 Å². The van der Waals surface area contributed by atoms with Gasteiger partial charge in [-0.15, -0.1) is 0 Å². The topological polar surface area (TPSA) is 92.8 Å². The molecule has 0 fully saturated rings. The first-order chi connectivity index (χ1) is 14.6. The summed E-state index contributed by atoms with van der Waals surface area (Å²) in [7, 11) is 0. The number of halogens is 4. The summed E-state index contributed by atoms with van der Waals surface area (Å²) in [5, 5.41) is 16.1. The van der Waals surface area contributed by atoms with Crippen molar-refractivity contribution in [1.29, 1.82) is 5.26 Å². The standard InChI is InChI=1S/C20H15ClF3N5O2/c1-11-7-12(2)29(28-11)17-6-4-15(21)18(27-17)19(30)26-14-3-5-16(13(8-14)9-25)31-10-20(22,23)24/h3-8H,10H2,1-2H3,(H,26,30). The van der Waals surface area contributed by atoms with Gasteiger partial charge in [0.05, 0.1) is 16.3 Å². The molecular weight excluding hydrogens is 435 g/mol. The van der Waals surface area contributed by atoms with Gasteiger partial charge >= 0.3 is 6.18 Å². The molecular formula is C20H15ClF3N5O2. The van der Waals surface area contributed by atoms with Gasteiger partial charge in [0.1, 0.15) is 17.5 Å². The summed E-state index contributed by atoms with van der Waals surface area (Å²) in [5.41, 5.74) is 1.50. The third-order valence-corrected chi connectivity index (χ3v) is 4.33. The van der Waals surface area contributed by atoms with Crippen molar-refractivity contribution in [3.63, 3.8) is 0 Å². The van der Waals surface area contributed by atoms with E-state index < -0.39 is 18.7 Å². The van der Waals surface area contributed by atoms with Gasteiger partial charge in [0.15, 0.2) is 12.4 Å². The van der Waals surface area contributed by atoms with Gasteiger partial charge < -0.3 is 10.1 Å². The van der Waals surface area contributed by atoms with E-state index in [0.717, 1.165) is 11.4 Å². The minimum absolute atomic E-state index is 0.0809. The highest BCUT2D eigenvalue weighted by Gasteiger charge is 2.29. The molecule has 0 saturated carbocycles. The molecule has 0 radical (unpaired) electrons. The van der Waals surface area contributed by atoms with Crippen LogP contribution in [0.4, 0.5) is 18.9 Å². The third-order valence-electron chi connectivity index (χ3n) is 4.02. The first kappa shape index (κ1) is 22.1. The summed E-state index contributed by atoms with van der Waals surface area (Å²) >= 11 is 6.13. The molecule has 2 heterocycles. The summed E-state index contributed by atoms with van der Waals surface area (Å²) in [6.07, 6.45) is -4.54. The van der Waals surface area contributed by atoms with E-state index in [9.17, 15) is 23.2 Å². The highest BCUT2D eigenvalue weighted by molar-refractivity contribution is 6.34. The Bertz CT molecular complexity index is 1180. The van der Waals surface area contributed by atoms with E-state index in [4.69, 9.17) is 11.6 Å². The van der Waals surface area contributed by atoms with E-state index >= 15 is 0 Å². The van der Waals surface area contributed by atoms with Gasteiger partial charge in [0.2, 0.25) is 0 Å². The lowest BCUT2D eigenvalue weighted by Gasteiger charge is -2.12. The molecule has 1 aromatic carbocycles. The average molecular weight is 450 g/mol. The van der Waals surface area contributed by atoms with Crippen LogP contribution in [0.1, 0.15) is 27.4 Å². The number of carbonyl (C=O) groups is 1. The van der Waals surface area contributed by atoms with Crippen LogP contribution in [0.25, 0.3) is 5.82 Å². The van der Waals surface area contributed by atoms with E-state index in [-0.39, 0.29) is 27.7 Å². The number of anilines is 1. The molecule has 160 valence electrons. The van der Waals surface area contributed by atoms with E-state index in [1.165, 1.54) is 24.3 Å². The Morgan fingerprint density at radius 2 is 2.00 bits per heavy atom. The molecule has 0 unspecified atom stereocenters. The number of hydrogen-bond acceptors (Lipinski definition) is 5. The number of ether oxygens (including phenoxy) is 1. The lowest BCUT2D eigenvalue weighted by Crippen LogP contribution is -2.19. The number of nitrogens with one attached hydrogen (secondary N) is 1. The van der Waals surface area contributed by atoms with E-state index in [1.807, 2.05) is 19.9 Å². The van der Waals surface area contributed by atoms with Crippen LogP contribution in [0.15, 0.2) is 36.4 Å². The van der Waals surface area contributed by atoms with Gasteiger partial charge in [-0.1, -0.05) is 11.6 Å². The zero-order valence-corrected chi connectivity index (χ0v) is 17.0. The van der Waals surface area contributed by atoms with E-state index in [2.05, 4.69) is 20.1 Å². The molecule has 31 heavy (non-hydrogen) atoms. The number of pyridine rings is 1. The fourth-order valence-corrected chi connectivity index (χ4v) is 2.93. The third kappa shape index (κ3) is 5.32. The van der Waals surface area contributed by atoms with Crippen LogP contribution in [0.2, 0.25) is 5.02 Å². The number of aromatic nitrogens is 3. The Balaban J connectivity index is 1.84. The molecule has 3 rings (SSSR count). The second-order valence-corrected chi connectivity index (χ2v) is 6.93. The summed E-state index contributed by atoms with van der Waals surface area (Å²) < 4.78 is 43.2. The second kappa shape index (κ2) is 8.65. The number of aryl methyl sites for hydroxylation is 2. The van der Waals surface area contributed by atoms with Crippen LogP contribution in [-0.4, -0.2) is 33.5 Å². The Morgan fingerprint density at radius 3 is 2.61 bits per heavy atom. The first-order valence-electron chi connectivity index (χ1n) is 8.82. The maximum Gasteiger partial charge on any atom is 0.422 e. The van der Waals surface area contributed by atoms with Crippen molar-refractivity contribution in [3.05, 3.63) is 64.1 Å². The summed E-state index contributed by atoms with van der Waals surface area (Å²) in [6, 6.07) is 10.4. The van der Waals surface area contributed by atoms with Crippen molar-refractivity contribution in [2.24, 2.45) is 0 Å². The van der Waals surface area contributed by atoms with E-state index in [0.29, 0.717) is 5.82 Å². The predicted octanol–water partition coefficient (Wildman–Crippen LogP) is 4.60. The van der Waals surface area contributed by atoms with Crippen LogP contribution >= 0.6 is 11.6 Å². The number of rotatable bonds is 5. The summed E-state index contributed by atoms with van der Waals surface area (Å²) in [6.45, 7) is 2.12. The Hall–Kier alpha value is -3.58. The number of nitrogens with zero attached hydrogens (tertiary/aromatic N) is 4. The fourth-order valence-electron chi connectivity index (χ4n) is 2.74. The summed E-state index contributed by atoms with van der Waals surface area (Å²) in [5.74, 6) is -0.532. The van der Waals surface area contributed by atoms with E-state index in [1.54, 1.807) is 16.8 Å². The van der Waals surface area contributed by atoms with Crippen molar-refractivity contribution in [2.75, 3.05) is 11.9 Å². The largest absolute Gasteiger partial charge is 0.483 e. The number of carbonyl (C=O) groups excluding carboxylic acids is 1. The second-order valence-electron chi connectivity index (χ2n) is 6.52. The lowest BCUT2D eigenvalue weighted by atomic mass is 10.2. The van der Waals surface area contributed by atoms with Crippen LogP contribution in [0.3, 0.4) is 0 Å². The molecule has 0 saturated heterocycles. The fraction of sp³-hybridized carbons (Fsp3) is 0.200. The molecule has 0 spiro atoms. The highest BCUT2D eigenvalue weighted by atomic mass is 35.5. The number of alkyl halides is 3. The lowest BCUT2D eigenvalue weighted by molar-refractivity contribution is -0.153. The van der Waals surface area contributed by atoms with Gasteiger partial charge in [-0.25, -0.2) is 9.67 Å².